The van der Waals surface area contributed by atoms with Crippen molar-refractivity contribution in [2.45, 2.75) is 123 Å². The Morgan fingerprint density at radius 1 is 0.717 bits per heavy atom. The summed E-state index contributed by atoms with van der Waals surface area (Å²) in [7, 11) is 3.48. The first-order chi connectivity index (χ1) is 22.3. The van der Waals surface area contributed by atoms with E-state index in [2.05, 4.69) is 52.9 Å². The van der Waals surface area contributed by atoms with E-state index in [-0.39, 0.29) is 17.6 Å². The molecular weight excluding hydrogens is 613 g/mol. The zero-order valence-electron chi connectivity index (χ0n) is 29.2. The summed E-state index contributed by atoms with van der Waals surface area (Å²) in [6.07, 6.45) is 11.5. The first-order valence-corrected chi connectivity index (χ1v) is 18.8. The number of benzene rings is 2. The number of hydrogen-bond donors (Lipinski definition) is 1. The maximum atomic E-state index is 6.35. The molecule has 0 saturated carbocycles. The van der Waals surface area contributed by atoms with E-state index in [0.717, 1.165) is 75.4 Å². The Kier molecular flexibility index (Phi) is 14.0. The molecule has 2 aromatic carbocycles. The molecule has 0 fully saturated rings. The number of aromatic nitrogens is 1. The van der Waals surface area contributed by atoms with Crippen molar-refractivity contribution in [3.8, 4) is 33.4 Å². The summed E-state index contributed by atoms with van der Waals surface area (Å²) in [6.45, 7) is 12.8. The standard InChI is InChI=1S/C38H54N2O4S2/c1-9-11-13-15-19-27-35(33-29(41-7)21-17-23-31(33)43-25(3)4)45-37(39-27)38-40-28(20-16-14-12-10-2)36(46-38)34-30(42-8)22-18-24-32(34)44-26(5)6/h17-18,21-26,37,39H,9-16,19-20H2,1-8H3. The summed E-state index contributed by atoms with van der Waals surface area (Å²) in [6, 6.07) is 12.2. The second-order valence-corrected chi connectivity index (χ2v) is 14.5. The molecule has 4 rings (SSSR count). The molecule has 0 amide bonds. The number of allylic oxidation sites excluding steroid dienone is 1. The van der Waals surface area contributed by atoms with Crippen LogP contribution in [0.5, 0.6) is 23.0 Å². The Bertz CT molecular complexity index is 1430. The van der Waals surface area contributed by atoms with Crippen molar-refractivity contribution in [2.24, 2.45) is 0 Å². The molecule has 1 unspecified atom stereocenters. The van der Waals surface area contributed by atoms with E-state index < -0.39 is 0 Å². The number of methoxy groups -OCH3 is 2. The maximum absolute atomic E-state index is 6.35. The number of rotatable bonds is 19. The SMILES string of the molecule is CCCCCCC1=C(c2c(OC)cccc2OC(C)C)SC(c2nc(CCCCCC)c(-c3c(OC)cccc3OC(C)C)s2)N1. The number of unbranched alkanes of at least 4 members (excludes halogenated alkanes) is 6. The number of ether oxygens (including phenoxy) is 4. The van der Waals surface area contributed by atoms with Crippen molar-refractivity contribution in [3.63, 3.8) is 0 Å². The molecule has 2 heterocycles. The maximum Gasteiger partial charge on any atom is 0.132 e. The molecule has 1 N–H and O–H groups in total. The van der Waals surface area contributed by atoms with Crippen LogP contribution in [0.25, 0.3) is 15.3 Å². The second kappa shape index (κ2) is 17.9. The molecule has 0 spiro atoms. The van der Waals surface area contributed by atoms with Crippen LogP contribution < -0.4 is 24.3 Å². The van der Waals surface area contributed by atoms with Gasteiger partial charge in [-0.2, -0.15) is 0 Å². The van der Waals surface area contributed by atoms with E-state index in [9.17, 15) is 0 Å². The first-order valence-electron chi connectivity index (χ1n) is 17.1. The Balaban J connectivity index is 1.78. The average molecular weight is 667 g/mol. The lowest BCUT2D eigenvalue weighted by atomic mass is 10.1. The molecule has 0 aliphatic carbocycles. The van der Waals surface area contributed by atoms with Gasteiger partial charge in [-0.3, -0.25) is 0 Å². The van der Waals surface area contributed by atoms with Crippen LogP contribution in [0.3, 0.4) is 0 Å². The van der Waals surface area contributed by atoms with Crippen LogP contribution in [-0.2, 0) is 6.42 Å². The van der Waals surface area contributed by atoms with E-state index in [1.54, 1.807) is 25.6 Å². The Morgan fingerprint density at radius 3 is 1.83 bits per heavy atom. The van der Waals surface area contributed by atoms with Gasteiger partial charge in [0.25, 0.3) is 0 Å². The lowest BCUT2D eigenvalue weighted by Crippen LogP contribution is -2.13. The van der Waals surface area contributed by atoms with Gasteiger partial charge < -0.3 is 24.3 Å². The van der Waals surface area contributed by atoms with Gasteiger partial charge in [0.2, 0.25) is 0 Å². The van der Waals surface area contributed by atoms with Gasteiger partial charge in [0.05, 0.1) is 48.1 Å². The van der Waals surface area contributed by atoms with Crippen LogP contribution in [0.1, 0.15) is 121 Å². The Hall–Kier alpha value is -2.84. The number of nitrogens with zero attached hydrogens (tertiary/aromatic N) is 1. The topological polar surface area (TPSA) is 61.8 Å². The highest BCUT2D eigenvalue weighted by atomic mass is 32.2. The normalized spacial score (nSPS) is 14.7. The van der Waals surface area contributed by atoms with Crippen molar-refractivity contribution < 1.29 is 18.9 Å². The lowest BCUT2D eigenvalue weighted by Gasteiger charge is -2.18. The van der Waals surface area contributed by atoms with Crippen molar-refractivity contribution in [3.05, 3.63) is 58.4 Å². The molecule has 8 heteroatoms. The molecule has 0 bridgehead atoms. The Labute approximate surface area is 285 Å². The third kappa shape index (κ3) is 9.15. The van der Waals surface area contributed by atoms with Gasteiger partial charge in [0.15, 0.2) is 0 Å². The van der Waals surface area contributed by atoms with Gasteiger partial charge in [0, 0.05) is 10.6 Å². The third-order valence-corrected chi connectivity index (χ3v) is 10.5. The first kappa shape index (κ1) is 36.0. The lowest BCUT2D eigenvalue weighted by molar-refractivity contribution is 0.240. The molecule has 0 radical (unpaired) electrons. The second-order valence-electron chi connectivity index (χ2n) is 12.4. The highest BCUT2D eigenvalue weighted by molar-refractivity contribution is 8.08. The molecule has 1 atom stereocenters. The average Bonchev–Trinajstić information content (AvgIpc) is 3.65. The smallest absolute Gasteiger partial charge is 0.132 e. The van der Waals surface area contributed by atoms with Gasteiger partial charge in [-0.15, -0.1) is 11.3 Å². The monoisotopic (exact) mass is 666 g/mol. The minimum atomic E-state index is -0.0229. The van der Waals surface area contributed by atoms with Gasteiger partial charge in [0.1, 0.15) is 33.4 Å². The third-order valence-electron chi connectivity index (χ3n) is 7.90. The minimum Gasteiger partial charge on any atom is -0.496 e. The van der Waals surface area contributed by atoms with Gasteiger partial charge in [-0.05, 0) is 77.6 Å². The Morgan fingerprint density at radius 2 is 1.26 bits per heavy atom. The van der Waals surface area contributed by atoms with E-state index >= 15 is 0 Å². The van der Waals surface area contributed by atoms with E-state index in [1.807, 2.05) is 42.1 Å². The zero-order valence-corrected chi connectivity index (χ0v) is 30.8. The van der Waals surface area contributed by atoms with Gasteiger partial charge in [-0.25, -0.2) is 4.98 Å². The summed E-state index contributed by atoms with van der Waals surface area (Å²) in [5, 5.41) is 4.97. The van der Waals surface area contributed by atoms with E-state index in [1.165, 1.54) is 49.1 Å². The molecule has 46 heavy (non-hydrogen) atoms. The molecule has 6 nitrogen and oxygen atoms in total. The fourth-order valence-electron chi connectivity index (χ4n) is 5.76. The zero-order chi connectivity index (χ0) is 33.1. The predicted octanol–water partition coefficient (Wildman–Crippen LogP) is 11.2. The number of aryl methyl sites for hydroxylation is 1. The fourth-order valence-corrected chi connectivity index (χ4v) is 8.36. The van der Waals surface area contributed by atoms with E-state index in [0.29, 0.717) is 0 Å². The molecular formula is C38H54N2O4S2. The van der Waals surface area contributed by atoms with Crippen molar-refractivity contribution in [1.29, 1.82) is 0 Å². The minimum absolute atomic E-state index is 0.0229. The molecule has 3 aromatic rings. The number of hydrogen-bond acceptors (Lipinski definition) is 8. The van der Waals surface area contributed by atoms with Crippen molar-refractivity contribution >= 4 is 28.0 Å². The van der Waals surface area contributed by atoms with Gasteiger partial charge >= 0.3 is 0 Å². The van der Waals surface area contributed by atoms with Crippen LogP contribution in [0.15, 0.2) is 42.1 Å². The summed E-state index contributed by atoms with van der Waals surface area (Å²) in [5.41, 5.74) is 4.39. The summed E-state index contributed by atoms with van der Waals surface area (Å²) >= 11 is 3.58. The van der Waals surface area contributed by atoms with Crippen LogP contribution in [0, 0.1) is 0 Å². The molecule has 1 aliphatic rings. The molecule has 0 saturated heterocycles. The highest BCUT2D eigenvalue weighted by Gasteiger charge is 2.33. The summed E-state index contributed by atoms with van der Waals surface area (Å²) < 4.78 is 24.6. The van der Waals surface area contributed by atoms with E-state index in [4.69, 9.17) is 23.9 Å². The van der Waals surface area contributed by atoms with Crippen LogP contribution >= 0.6 is 23.1 Å². The quantitative estimate of drug-likeness (QED) is 0.128. The number of thioether (sulfide) groups is 1. The molecule has 1 aromatic heterocycles. The largest absolute Gasteiger partial charge is 0.496 e. The van der Waals surface area contributed by atoms with Crippen molar-refractivity contribution in [1.82, 2.24) is 10.3 Å². The number of nitrogens with one attached hydrogen (secondary N) is 1. The van der Waals surface area contributed by atoms with Crippen LogP contribution in [-0.4, -0.2) is 31.4 Å². The van der Waals surface area contributed by atoms with Crippen LogP contribution in [0.4, 0.5) is 0 Å². The summed E-state index contributed by atoms with van der Waals surface area (Å²) in [5.74, 6) is 3.34. The summed E-state index contributed by atoms with van der Waals surface area (Å²) in [4.78, 5) is 7.71. The predicted molar refractivity (Wildman–Crippen MR) is 196 cm³/mol. The van der Waals surface area contributed by atoms with Crippen molar-refractivity contribution in [2.75, 3.05) is 14.2 Å². The van der Waals surface area contributed by atoms with Gasteiger partial charge in [-0.1, -0.05) is 76.3 Å². The number of thiazole rings is 1. The highest BCUT2D eigenvalue weighted by Crippen LogP contribution is 2.54. The fraction of sp³-hybridized carbons (Fsp3) is 0.553. The molecule has 252 valence electrons. The van der Waals surface area contributed by atoms with Crippen LogP contribution in [0.2, 0.25) is 0 Å². The molecule has 1 aliphatic heterocycles.